The van der Waals surface area contributed by atoms with Crippen LogP contribution in [0.4, 0.5) is 5.82 Å². The second-order valence-corrected chi connectivity index (χ2v) is 4.93. The summed E-state index contributed by atoms with van der Waals surface area (Å²) in [6.07, 6.45) is 5.01. The minimum absolute atomic E-state index is 0.101. The summed E-state index contributed by atoms with van der Waals surface area (Å²) in [6, 6.07) is 0. The van der Waals surface area contributed by atoms with Crippen molar-refractivity contribution in [3.8, 4) is 0 Å². The van der Waals surface area contributed by atoms with Gasteiger partial charge in [-0.2, -0.15) is 0 Å². The molecule has 2 heterocycles. The van der Waals surface area contributed by atoms with Crippen LogP contribution in [0, 0.1) is 0 Å². The van der Waals surface area contributed by atoms with Crippen LogP contribution in [-0.2, 0) is 12.0 Å². The Hall–Kier alpha value is -1.98. The van der Waals surface area contributed by atoms with Crippen molar-refractivity contribution in [1.29, 1.82) is 0 Å². The first-order valence-corrected chi connectivity index (χ1v) is 5.43. The first-order chi connectivity index (χ1) is 7.98. The van der Waals surface area contributed by atoms with Crippen LogP contribution in [0.15, 0.2) is 18.6 Å². The Morgan fingerprint density at radius 3 is 2.65 bits per heavy atom. The summed E-state index contributed by atoms with van der Waals surface area (Å²) in [5.41, 5.74) is 7.50. The van der Waals surface area contributed by atoms with Gasteiger partial charge < -0.3 is 5.73 Å². The Balaban J connectivity index is 2.35. The SMILES string of the molecule is CC(C)(C)c1c(N)nnn1Cc1cnccn1. The molecule has 2 N–H and O–H groups in total. The fourth-order valence-electron chi connectivity index (χ4n) is 1.77. The second-order valence-electron chi connectivity index (χ2n) is 4.93. The molecule has 0 fully saturated rings. The lowest BCUT2D eigenvalue weighted by molar-refractivity contribution is 0.499. The number of nitrogens with zero attached hydrogens (tertiary/aromatic N) is 5. The van der Waals surface area contributed by atoms with Crippen LogP contribution in [0.3, 0.4) is 0 Å². The topological polar surface area (TPSA) is 82.5 Å². The number of aromatic nitrogens is 5. The van der Waals surface area contributed by atoms with E-state index in [-0.39, 0.29) is 5.41 Å². The molecule has 0 amide bonds. The molecule has 0 spiro atoms. The van der Waals surface area contributed by atoms with E-state index in [9.17, 15) is 0 Å². The number of hydrogen-bond donors (Lipinski definition) is 1. The molecule has 0 aliphatic carbocycles. The van der Waals surface area contributed by atoms with Gasteiger partial charge in [0.2, 0.25) is 0 Å². The number of hydrogen-bond acceptors (Lipinski definition) is 5. The third-order valence-electron chi connectivity index (χ3n) is 2.40. The molecule has 6 nitrogen and oxygen atoms in total. The maximum Gasteiger partial charge on any atom is 0.169 e. The van der Waals surface area contributed by atoms with E-state index in [4.69, 9.17) is 5.73 Å². The van der Waals surface area contributed by atoms with E-state index in [1.165, 1.54) is 0 Å². The smallest absolute Gasteiger partial charge is 0.169 e. The number of nitrogen functional groups attached to an aromatic ring is 1. The maximum absolute atomic E-state index is 5.85. The highest BCUT2D eigenvalue weighted by molar-refractivity contribution is 5.38. The lowest BCUT2D eigenvalue weighted by Crippen LogP contribution is -2.20. The molecule has 17 heavy (non-hydrogen) atoms. The molecule has 0 bridgehead atoms. The van der Waals surface area contributed by atoms with Crippen LogP contribution >= 0.6 is 0 Å². The predicted molar refractivity (Wildman–Crippen MR) is 64.3 cm³/mol. The Bertz CT molecular complexity index is 496. The van der Waals surface area contributed by atoms with Crippen LogP contribution < -0.4 is 5.73 Å². The zero-order valence-electron chi connectivity index (χ0n) is 10.3. The van der Waals surface area contributed by atoms with E-state index in [1.54, 1.807) is 23.3 Å². The third-order valence-corrected chi connectivity index (χ3v) is 2.40. The molecular weight excluding hydrogens is 216 g/mol. The average Bonchev–Trinajstić information content (AvgIpc) is 2.60. The van der Waals surface area contributed by atoms with Gasteiger partial charge >= 0.3 is 0 Å². The van der Waals surface area contributed by atoms with E-state index >= 15 is 0 Å². The van der Waals surface area contributed by atoms with Gasteiger partial charge in [0.1, 0.15) is 0 Å². The summed E-state index contributed by atoms with van der Waals surface area (Å²) in [5, 5.41) is 7.97. The summed E-state index contributed by atoms with van der Waals surface area (Å²) in [6.45, 7) is 6.77. The molecule has 0 saturated heterocycles. The number of rotatable bonds is 2. The van der Waals surface area contributed by atoms with Crippen molar-refractivity contribution >= 4 is 5.82 Å². The Labute approximate surface area is 99.9 Å². The van der Waals surface area contributed by atoms with Crippen LogP contribution in [0.2, 0.25) is 0 Å². The minimum Gasteiger partial charge on any atom is -0.381 e. The molecule has 0 atom stereocenters. The third kappa shape index (κ3) is 2.41. The molecule has 2 aromatic rings. The monoisotopic (exact) mass is 232 g/mol. The molecule has 2 rings (SSSR count). The molecule has 0 unspecified atom stereocenters. The van der Waals surface area contributed by atoms with Gasteiger partial charge in [-0.05, 0) is 0 Å². The highest BCUT2D eigenvalue weighted by Crippen LogP contribution is 2.26. The van der Waals surface area contributed by atoms with Gasteiger partial charge in [0.15, 0.2) is 5.82 Å². The summed E-state index contributed by atoms with van der Waals surface area (Å²) >= 11 is 0. The molecule has 0 aromatic carbocycles. The summed E-state index contributed by atoms with van der Waals surface area (Å²) in [4.78, 5) is 8.24. The van der Waals surface area contributed by atoms with Crippen molar-refractivity contribution in [1.82, 2.24) is 25.0 Å². The largest absolute Gasteiger partial charge is 0.381 e. The van der Waals surface area contributed by atoms with Gasteiger partial charge in [-0.15, -0.1) is 5.10 Å². The fourth-order valence-corrected chi connectivity index (χ4v) is 1.77. The van der Waals surface area contributed by atoms with E-state index in [1.807, 2.05) is 0 Å². The zero-order valence-corrected chi connectivity index (χ0v) is 10.3. The molecule has 0 saturated carbocycles. The lowest BCUT2D eigenvalue weighted by atomic mass is 9.92. The van der Waals surface area contributed by atoms with Gasteiger partial charge in [-0.25, -0.2) is 4.68 Å². The van der Waals surface area contributed by atoms with E-state index in [0.717, 1.165) is 11.4 Å². The van der Waals surface area contributed by atoms with Crippen molar-refractivity contribution in [3.63, 3.8) is 0 Å². The van der Waals surface area contributed by atoms with E-state index in [0.29, 0.717) is 12.4 Å². The van der Waals surface area contributed by atoms with Crippen LogP contribution in [0.5, 0.6) is 0 Å². The Kier molecular flexibility index (Phi) is 2.79. The standard InChI is InChI=1S/C11H16N6/c1-11(2,3)9-10(12)15-16-17(9)7-8-6-13-4-5-14-8/h4-6H,7,12H2,1-3H3. The van der Waals surface area contributed by atoms with Gasteiger partial charge in [-0.1, -0.05) is 26.0 Å². The highest BCUT2D eigenvalue weighted by Gasteiger charge is 2.24. The first kappa shape index (κ1) is 11.5. The van der Waals surface area contributed by atoms with Gasteiger partial charge in [0, 0.05) is 17.8 Å². The number of nitrogens with two attached hydrogens (primary N) is 1. The molecule has 2 aromatic heterocycles. The summed E-state index contributed by atoms with van der Waals surface area (Å²) in [7, 11) is 0. The van der Waals surface area contributed by atoms with Crippen molar-refractivity contribution in [3.05, 3.63) is 30.0 Å². The minimum atomic E-state index is -0.101. The summed E-state index contributed by atoms with van der Waals surface area (Å²) in [5.74, 6) is 0.474. The Morgan fingerprint density at radius 1 is 1.29 bits per heavy atom. The number of anilines is 1. The second kappa shape index (κ2) is 4.12. The quantitative estimate of drug-likeness (QED) is 0.835. The summed E-state index contributed by atoms with van der Waals surface area (Å²) < 4.78 is 1.78. The van der Waals surface area contributed by atoms with Crippen molar-refractivity contribution in [2.75, 3.05) is 5.73 Å². The first-order valence-electron chi connectivity index (χ1n) is 5.43. The molecule has 0 radical (unpaired) electrons. The van der Waals surface area contributed by atoms with Crippen molar-refractivity contribution in [2.24, 2.45) is 0 Å². The van der Waals surface area contributed by atoms with Gasteiger partial charge in [-0.3, -0.25) is 9.97 Å². The molecular formula is C11H16N6. The van der Waals surface area contributed by atoms with Crippen LogP contribution in [0.1, 0.15) is 32.2 Å². The predicted octanol–water partition coefficient (Wildman–Crippen LogP) is 0.996. The lowest BCUT2D eigenvalue weighted by Gasteiger charge is -2.19. The van der Waals surface area contributed by atoms with Gasteiger partial charge in [0.05, 0.1) is 24.1 Å². The molecule has 0 aliphatic rings. The highest BCUT2D eigenvalue weighted by atomic mass is 15.4. The van der Waals surface area contributed by atoms with Gasteiger partial charge in [0.25, 0.3) is 0 Å². The molecule has 90 valence electrons. The van der Waals surface area contributed by atoms with E-state index < -0.39 is 0 Å². The maximum atomic E-state index is 5.85. The fraction of sp³-hybridized carbons (Fsp3) is 0.455. The van der Waals surface area contributed by atoms with Crippen molar-refractivity contribution in [2.45, 2.75) is 32.7 Å². The average molecular weight is 232 g/mol. The Morgan fingerprint density at radius 2 is 2.06 bits per heavy atom. The van der Waals surface area contributed by atoms with Crippen LogP contribution in [-0.4, -0.2) is 25.0 Å². The van der Waals surface area contributed by atoms with Crippen LogP contribution in [0.25, 0.3) is 0 Å². The molecule has 0 aliphatic heterocycles. The normalized spacial score (nSPS) is 11.7. The van der Waals surface area contributed by atoms with E-state index in [2.05, 4.69) is 41.1 Å². The molecule has 6 heteroatoms. The van der Waals surface area contributed by atoms with Crippen molar-refractivity contribution < 1.29 is 0 Å². The zero-order chi connectivity index (χ0) is 12.5.